The van der Waals surface area contributed by atoms with Crippen LogP contribution in [-0.4, -0.2) is 23.1 Å². The molecule has 5 rings (SSSR count). The first-order valence-corrected chi connectivity index (χ1v) is 12.2. The minimum absolute atomic E-state index is 0.0177. The number of fused-ring (bicyclic) bond motifs is 1. The zero-order valence-corrected chi connectivity index (χ0v) is 21.0. The number of carbonyl (C=O) groups is 1. The number of allylic oxidation sites excluding steroid dienone is 3. The molecule has 0 bridgehead atoms. The molecule has 5 nitrogen and oxygen atoms in total. The first-order valence-electron chi connectivity index (χ1n) is 12.2. The van der Waals surface area contributed by atoms with Gasteiger partial charge in [-0.1, -0.05) is 39.0 Å². The molecule has 2 aromatic rings. The van der Waals surface area contributed by atoms with Gasteiger partial charge < -0.3 is 5.32 Å². The number of rotatable bonds is 3. The molecule has 0 saturated heterocycles. The summed E-state index contributed by atoms with van der Waals surface area (Å²) in [5.41, 5.74) is 2.86. The largest absolute Gasteiger partial charge is 0.435 e. The zero-order valence-electron chi connectivity index (χ0n) is 21.0. The number of halogens is 3. The predicted octanol–water partition coefficient (Wildman–Crippen LogP) is 6.87. The van der Waals surface area contributed by atoms with E-state index in [1.165, 1.54) is 0 Å². The van der Waals surface area contributed by atoms with Gasteiger partial charge >= 0.3 is 6.18 Å². The second kappa shape index (κ2) is 8.11. The fourth-order valence-corrected chi connectivity index (χ4v) is 6.12. The summed E-state index contributed by atoms with van der Waals surface area (Å²) in [5.74, 6) is -0.128. The van der Waals surface area contributed by atoms with Crippen LogP contribution in [0, 0.1) is 19.3 Å². The predicted molar refractivity (Wildman–Crippen MR) is 131 cm³/mol. The fourth-order valence-electron chi connectivity index (χ4n) is 6.12. The lowest BCUT2D eigenvalue weighted by Crippen LogP contribution is -2.52. The minimum atomic E-state index is -4.69. The van der Waals surface area contributed by atoms with Crippen LogP contribution in [0.2, 0.25) is 0 Å². The first-order chi connectivity index (χ1) is 16.9. The maximum Gasteiger partial charge on any atom is 0.435 e. The molecule has 0 spiro atoms. The Morgan fingerprint density at radius 3 is 2.58 bits per heavy atom. The Labute approximate surface area is 208 Å². The number of ketones is 1. The number of aryl methyl sites for hydroxylation is 1. The van der Waals surface area contributed by atoms with E-state index in [0.717, 1.165) is 22.4 Å². The number of Topliss-reactive ketones (excluding diaryl/α,β-unsaturated/α-hetero) is 1. The van der Waals surface area contributed by atoms with Gasteiger partial charge in [0.1, 0.15) is 0 Å². The number of benzene rings is 1. The van der Waals surface area contributed by atoms with Crippen molar-refractivity contribution < 1.29 is 18.0 Å². The van der Waals surface area contributed by atoms with E-state index in [9.17, 15) is 18.0 Å². The van der Waals surface area contributed by atoms with E-state index in [0.29, 0.717) is 23.3 Å². The molecule has 1 N–H and O–H groups in total. The lowest BCUT2D eigenvalue weighted by Gasteiger charge is -2.48. The van der Waals surface area contributed by atoms with E-state index in [1.54, 1.807) is 6.20 Å². The van der Waals surface area contributed by atoms with Crippen molar-refractivity contribution in [2.24, 2.45) is 15.6 Å². The molecule has 188 valence electrons. The highest BCUT2D eigenvalue weighted by atomic mass is 19.4. The van der Waals surface area contributed by atoms with Crippen LogP contribution in [0.15, 0.2) is 69.3 Å². The Morgan fingerprint density at radius 2 is 1.89 bits per heavy atom. The van der Waals surface area contributed by atoms with Crippen molar-refractivity contribution in [2.75, 3.05) is 0 Å². The van der Waals surface area contributed by atoms with Crippen molar-refractivity contribution in [1.82, 2.24) is 10.3 Å². The highest BCUT2D eigenvalue weighted by molar-refractivity contribution is 6.01. The van der Waals surface area contributed by atoms with Crippen molar-refractivity contribution in [1.29, 1.82) is 0 Å². The van der Waals surface area contributed by atoms with Gasteiger partial charge in [-0.25, -0.2) is 0 Å². The normalized spacial score (nSPS) is 25.1. The maximum absolute atomic E-state index is 14.3. The summed E-state index contributed by atoms with van der Waals surface area (Å²) in [4.78, 5) is 18.1. The quantitative estimate of drug-likeness (QED) is 0.506. The van der Waals surface area contributed by atoms with Crippen LogP contribution in [-0.2, 0) is 10.2 Å². The average molecular weight is 495 g/mol. The molecule has 0 fully saturated rings. The average Bonchev–Trinajstić information content (AvgIpc) is 3.23. The summed E-state index contributed by atoms with van der Waals surface area (Å²) in [6, 6.07) is 9.45. The molecule has 36 heavy (non-hydrogen) atoms. The summed E-state index contributed by atoms with van der Waals surface area (Å²) in [7, 11) is 0. The smallest absolute Gasteiger partial charge is 0.362 e. The third-order valence-corrected chi connectivity index (χ3v) is 7.80. The van der Waals surface area contributed by atoms with Crippen LogP contribution in [0.5, 0.6) is 0 Å². The van der Waals surface area contributed by atoms with Gasteiger partial charge in [0.2, 0.25) is 0 Å². The number of alkyl halides is 3. The van der Waals surface area contributed by atoms with Gasteiger partial charge in [0.05, 0.1) is 5.41 Å². The molecule has 0 amide bonds. The molecule has 8 heteroatoms. The second-order valence-electron chi connectivity index (χ2n) is 10.7. The molecule has 1 aromatic heterocycles. The summed E-state index contributed by atoms with van der Waals surface area (Å²) < 4.78 is 42.8. The maximum atomic E-state index is 14.3. The number of nitrogens with one attached hydrogen (secondary N) is 1. The molecule has 1 aliphatic carbocycles. The number of carbonyl (C=O) groups excluding carboxylic acids is 1. The summed E-state index contributed by atoms with van der Waals surface area (Å²) in [6.07, 6.45) is -2.83. The Morgan fingerprint density at radius 1 is 1.14 bits per heavy atom. The number of hydrogen-bond donors (Lipinski definition) is 1. The van der Waals surface area contributed by atoms with Gasteiger partial charge in [0.15, 0.2) is 17.6 Å². The molecular formula is C28H29F3N4O. The van der Waals surface area contributed by atoms with Crippen molar-refractivity contribution >= 4 is 5.78 Å². The summed E-state index contributed by atoms with van der Waals surface area (Å²) >= 11 is 0. The van der Waals surface area contributed by atoms with Crippen LogP contribution >= 0.6 is 0 Å². The zero-order chi connectivity index (χ0) is 26.0. The second-order valence-corrected chi connectivity index (χ2v) is 10.7. The van der Waals surface area contributed by atoms with Crippen molar-refractivity contribution in [3.63, 3.8) is 0 Å². The highest BCUT2D eigenvalue weighted by Crippen LogP contribution is 2.56. The van der Waals surface area contributed by atoms with Gasteiger partial charge in [-0.05, 0) is 66.5 Å². The van der Waals surface area contributed by atoms with Gasteiger partial charge in [-0.3, -0.25) is 9.78 Å². The Bertz CT molecular complexity index is 1370. The monoisotopic (exact) mass is 494 g/mol. The van der Waals surface area contributed by atoms with Gasteiger partial charge in [0, 0.05) is 35.2 Å². The lowest BCUT2D eigenvalue weighted by molar-refractivity contribution is -0.119. The van der Waals surface area contributed by atoms with Crippen LogP contribution in [0.4, 0.5) is 13.2 Å². The van der Waals surface area contributed by atoms with E-state index in [1.807, 2.05) is 65.0 Å². The Hall–Kier alpha value is -3.29. The van der Waals surface area contributed by atoms with Crippen LogP contribution in [0.3, 0.4) is 0 Å². The van der Waals surface area contributed by atoms with E-state index in [2.05, 4.69) is 20.5 Å². The lowest BCUT2D eigenvalue weighted by atomic mass is 9.58. The molecule has 1 aromatic carbocycles. The van der Waals surface area contributed by atoms with Crippen LogP contribution in [0.25, 0.3) is 11.1 Å². The standard InChI is InChI=1S/C28H29F3N4O/c1-6-27(18-9-7-8-17(12-18)19-10-11-32-16(3)15(19)2)22-20(13-26(4,5)14-21(22)36)33-25-23(27)24(34-35-25)28(29,30)31/h7-12,25,33H,6,13-14H2,1-5H3/t25?,27-/m1/s1. The van der Waals surface area contributed by atoms with Crippen molar-refractivity contribution in [3.8, 4) is 11.1 Å². The van der Waals surface area contributed by atoms with E-state index in [-0.39, 0.29) is 29.6 Å². The SMILES string of the molecule is CC[C@@]1(c2cccc(-c3ccnc(C)c3C)c2)C2=C(CC(C)(C)CC2=O)NC2N=NC(C(F)(F)F)=C21. The molecular weight excluding hydrogens is 465 g/mol. The first kappa shape index (κ1) is 24.4. The third-order valence-electron chi connectivity index (χ3n) is 7.80. The number of hydrogen-bond acceptors (Lipinski definition) is 5. The third kappa shape index (κ3) is 3.61. The molecule has 1 unspecified atom stereocenters. The van der Waals surface area contributed by atoms with Crippen molar-refractivity contribution in [2.45, 2.75) is 71.6 Å². The molecule has 3 heterocycles. The van der Waals surface area contributed by atoms with Gasteiger partial charge in [-0.15, -0.1) is 5.11 Å². The molecule has 2 aliphatic heterocycles. The summed E-state index contributed by atoms with van der Waals surface area (Å²) in [6.45, 7) is 9.75. The molecule has 0 radical (unpaired) electrons. The van der Waals surface area contributed by atoms with Crippen LogP contribution < -0.4 is 5.32 Å². The molecule has 3 aliphatic rings. The van der Waals surface area contributed by atoms with Gasteiger partial charge in [0.25, 0.3) is 0 Å². The molecule has 0 saturated carbocycles. The summed E-state index contributed by atoms with van der Waals surface area (Å²) in [5, 5.41) is 10.8. The number of aromatic nitrogens is 1. The Kier molecular flexibility index (Phi) is 5.50. The topological polar surface area (TPSA) is 66.7 Å². The number of nitrogens with zero attached hydrogens (tertiary/aromatic N) is 3. The van der Waals surface area contributed by atoms with E-state index in [4.69, 9.17) is 0 Å². The van der Waals surface area contributed by atoms with Gasteiger partial charge in [-0.2, -0.15) is 18.3 Å². The van der Waals surface area contributed by atoms with E-state index >= 15 is 0 Å². The number of azo groups is 1. The van der Waals surface area contributed by atoms with Crippen molar-refractivity contribution in [3.05, 3.63) is 75.9 Å². The fraction of sp³-hybridized carbons (Fsp3) is 0.429. The highest BCUT2D eigenvalue weighted by Gasteiger charge is 2.57. The van der Waals surface area contributed by atoms with E-state index < -0.39 is 23.5 Å². The number of pyridine rings is 1. The minimum Gasteiger partial charge on any atom is -0.362 e. The molecule has 2 atom stereocenters. The Balaban J connectivity index is 1.83. The van der Waals surface area contributed by atoms with Crippen LogP contribution in [0.1, 0.15) is 56.9 Å².